The van der Waals surface area contributed by atoms with Crippen LogP contribution < -0.4 is 11.1 Å². The number of halogens is 3. The lowest BCUT2D eigenvalue weighted by atomic mass is 10.2. The molecule has 0 unspecified atom stereocenters. The molecule has 110 valence electrons. The summed E-state index contributed by atoms with van der Waals surface area (Å²) in [6.45, 7) is 0. The number of nitrogens with one attached hydrogen (secondary N) is 1. The quantitative estimate of drug-likeness (QED) is 0.855. The highest BCUT2D eigenvalue weighted by atomic mass is 19.2. The molecular formula is C14H12F3N3O. The van der Waals surface area contributed by atoms with Crippen LogP contribution in [0, 0.1) is 17.5 Å². The van der Waals surface area contributed by atoms with E-state index in [0.717, 1.165) is 18.9 Å². The predicted molar refractivity (Wildman–Crippen MR) is 71.4 cm³/mol. The van der Waals surface area contributed by atoms with Crippen molar-refractivity contribution in [2.45, 2.75) is 18.9 Å². The van der Waals surface area contributed by atoms with E-state index < -0.39 is 29.0 Å². The van der Waals surface area contributed by atoms with Crippen molar-refractivity contribution >= 4 is 17.3 Å². The van der Waals surface area contributed by atoms with Crippen LogP contribution in [0.25, 0.3) is 0 Å². The van der Waals surface area contributed by atoms with Crippen LogP contribution in [0.15, 0.2) is 24.4 Å². The number of hydrogen-bond donors (Lipinski definition) is 2. The number of aromatic nitrogens is 1. The van der Waals surface area contributed by atoms with E-state index in [-0.39, 0.29) is 11.7 Å². The third-order valence-electron chi connectivity index (χ3n) is 3.28. The van der Waals surface area contributed by atoms with Gasteiger partial charge in [-0.05, 0) is 18.9 Å². The van der Waals surface area contributed by atoms with Crippen molar-refractivity contribution in [2.75, 3.05) is 11.1 Å². The van der Waals surface area contributed by atoms with Gasteiger partial charge in [0.25, 0.3) is 5.91 Å². The minimum absolute atomic E-state index is 0.192. The van der Waals surface area contributed by atoms with E-state index in [1.54, 1.807) is 10.8 Å². The van der Waals surface area contributed by atoms with E-state index in [9.17, 15) is 18.0 Å². The van der Waals surface area contributed by atoms with Gasteiger partial charge in [-0.25, -0.2) is 13.2 Å². The average molecular weight is 295 g/mol. The molecule has 21 heavy (non-hydrogen) atoms. The van der Waals surface area contributed by atoms with Gasteiger partial charge in [-0.3, -0.25) is 4.79 Å². The fourth-order valence-electron chi connectivity index (χ4n) is 2.17. The van der Waals surface area contributed by atoms with E-state index >= 15 is 0 Å². The zero-order valence-corrected chi connectivity index (χ0v) is 10.9. The van der Waals surface area contributed by atoms with E-state index in [4.69, 9.17) is 5.73 Å². The van der Waals surface area contributed by atoms with Crippen LogP contribution in [0.3, 0.4) is 0 Å². The second kappa shape index (κ2) is 4.83. The summed E-state index contributed by atoms with van der Waals surface area (Å²) < 4.78 is 41.5. The third kappa shape index (κ3) is 2.58. The van der Waals surface area contributed by atoms with Crippen molar-refractivity contribution < 1.29 is 18.0 Å². The summed E-state index contributed by atoms with van der Waals surface area (Å²) in [6.07, 6.45) is 3.48. The molecule has 4 nitrogen and oxygen atoms in total. The Bertz CT molecular complexity index is 722. The molecule has 1 amide bonds. The van der Waals surface area contributed by atoms with Gasteiger partial charge in [0.1, 0.15) is 11.5 Å². The fraction of sp³-hybridized carbons (Fsp3) is 0.214. The topological polar surface area (TPSA) is 60.1 Å². The van der Waals surface area contributed by atoms with Crippen LogP contribution in [0.4, 0.5) is 24.5 Å². The largest absolute Gasteiger partial charge is 0.397 e. The first-order chi connectivity index (χ1) is 9.95. The molecule has 7 heteroatoms. The number of carbonyl (C=O) groups is 1. The molecule has 1 saturated carbocycles. The molecule has 1 aliphatic rings. The van der Waals surface area contributed by atoms with Crippen molar-refractivity contribution in [3.63, 3.8) is 0 Å². The Labute approximate surface area is 118 Å². The monoisotopic (exact) mass is 295 g/mol. The molecule has 0 radical (unpaired) electrons. The first kappa shape index (κ1) is 13.5. The molecule has 2 aromatic rings. The molecule has 0 spiro atoms. The molecule has 1 heterocycles. The van der Waals surface area contributed by atoms with Gasteiger partial charge in [0.15, 0.2) is 11.6 Å². The maximum absolute atomic E-state index is 13.5. The number of nitrogens with zero attached hydrogens (tertiary/aromatic N) is 1. The van der Waals surface area contributed by atoms with E-state index in [1.807, 2.05) is 0 Å². The van der Waals surface area contributed by atoms with Crippen LogP contribution >= 0.6 is 0 Å². The Morgan fingerprint density at radius 3 is 2.62 bits per heavy atom. The first-order valence-electron chi connectivity index (χ1n) is 6.39. The van der Waals surface area contributed by atoms with E-state index in [2.05, 4.69) is 5.32 Å². The van der Waals surface area contributed by atoms with Crippen molar-refractivity contribution in [1.82, 2.24) is 4.57 Å². The van der Waals surface area contributed by atoms with Gasteiger partial charge in [-0.2, -0.15) is 0 Å². The molecule has 3 rings (SSSR count). The number of amides is 1. The zero-order chi connectivity index (χ0) is 15.1. The van der Waals surface area contributed by atoms with Crippen LogP contribution in [-0.4, -0.2) is 10.5 Å². The molecular weight excluding hydrogens is 283 g/mol. The maximum Gasteiger partial charge on any atom is 0.272 e. The van der Waals surface area contributed by atoms with Crippen LogP contribution in [-0.2, 0) is 0 Å². The van der Waals surface area contributed by atoms with E-state index in [0.29, 0.717) is 11.8 Å². The number of carbonyl (C=O) groups excluding carboxylic acids is 1. The molecule has 3 N–H and O–H groups in total. The summed E-state index contributed by atoms with van der Waals surface area (Å²) in [5, 5.41) is 2.17. The van der Waals surface area contributed by atoms with Crippen molar-refractivity contribution in [3.05, 3.63) is 47.5 Å². The zero-order valence-electron chi connectivity index (χ0n) is 10.9. The normalized spacial score (nSPS) is 14.2. The lowest BCUT2D eigenvalue weighted by molar-refractivity contribution is 0.101. The van der Waals surface area contributed by atoms with Gasteiger partial charge in [0.05, 0.1) is 11.4 Å². The fourth-order valence-corrected chi connectivity index (χ4v) is 2.17. The number of nitrogen functional groups attached to an aromatic ring is 1. The second-order valence-electron chi connectivity index (χ2n) is 5.00. The molecule has 1 aromatic heterocycles. The maximum atomic E-state index is 13.5. The summed E-state index contributed by atoms with van der Waals surface area (Å²) in [7, 11) is 0. The summed E-state index contributed by atoms with van der Waals surface area (Å²) >= 11 is 0. The number of rotatable bonds is 3. The van der Waals surface area contributed by atoms with Crippen LogP contribution in [0.1, 0.15) is 29.4 Å². The smallest absolute Gasteiger partial charge is 0.272 e. The van der Waals surface area contributed by atoms with Crippen LogP contribution in [0.2, 0.25) is 0 Å². The Kier molecular flexibility index (Phi) is 3.12. The molecule has 0 atom stereocenters. The van der Waals surface area contributed by atoms with Gasteiger partial charge in [-0.1, -0.05) is 0 Å². The van der Waals surface area contributed by atoms with E-state index in [1.165, 1.54) is 6.07 Å². The second-order valence-corrected chi connectivity index (χ2v) is 5.00. The molecule has 0 bridgehead atoms. The Hall–Kier alpha value is -2.44. The predicted octanol–water partition coefficient (Wildman–Crippen LogP) is 3.07. The van der Waals surface area contributed by atoms with Crippen LogP contribution in [0.5, 0.6) is 0 Å². The van der Waals surface area contributed by atoms with Gasteiger partial charge < -0.3 is 15.6 Å². The van der Waals surface area contributed by atoms with Gasteiger partial charge in [0.2, 0.25) is 0 Å². The molecule has 1 aromatic carbocycles. The lowest BCUT2D eigenvalue weighted by Gasteiger charge is -2.09. The Balaban J connectivity index is 1.90. The molecule has 0 aliphatic heterocycles. The molecule has 0 saturated heterocycles. The lowest BCUT2D eigenvalue weighted by Crippen LogP contribution is -2.17. The van der Waals surface area contributed by atoms with Crippen molar-refractivity contribution in [1.29, 1.82) is 0 Å². The standard InChI is InChI=1S/C14H12F3N3O/c15-7-3-10(16)13(17)11(4-7)19-14(21)12-5-8(18)6-20(12)9-1-2-9/h3-6,9H,1-2,18H2,(H,19,21). The van der Waals surface area contributed by atoms with Crippen molar-refractivity contribution in [2.24, 2.45) is 0 Å². The number of benzene rings is 1. The molecule has 1 aliphatic carbocycles. The summed E-state index contributed by atoms with van der Waals surface area (Å²) in [5.74, 6) is -4.30. The highest BCUT2D eigenvalue weighted by Crippen LogP contribution is 2.37. The van der Waals surface area contributed by atoms with Gasteiger partial charge in [0, 0.05) is 24.4 Å². The average Bonchev–Trinajstić information content (AvgIpc) is 3.18. The minimum Gasteiger partial charge on any atom is -0.397 e. The highest BCUT2D eigenvalue weighted by molar-refractivity contribution is 6.04. The number of nitrogens with two attached hydrogens (primary N) is 1. The number of hydrogen-bond acceptors (Lipinski definition) is 2. The summed E-state index contributed by atoms with van der Waals surface area (Å²) in [6, 6.07) is 2.78. The van der Waals surface area contributed by atoms with Crippen molar-refractivity contribution in [3.8, 4) is 0 Å². The summed E-state index contributed by atoms with van der Waals surface area (Å²) in [4.78, 5) is 12.2. The van der Waals surface area contributed by atoms with Gasteiger partial charge in [-0.15, -0.1) is 0 Å². The Morgan fingerprint density at radius 2 is 1.95 bits per heavy atom. The minimum atomic E-state index is -1.36. The first-order valence-corrected chi connectivity index (χ1v) is 6.39. The number of anilines is 2. The highest BCUT2D eigenvalue weighted by Gasteiger charge is 2.28. The van der Waals surface area contributed by atoms with Gasteiger partial charge >= 0.3 is 0 Å². The Morgan fingerprint density at radius 1 is 1.24 bits per heavy atom. The third-order valence-corrected chi connectivity index (χ3v) is 3.28. The molecule has 1 fully saturated rings. The summed E-state index contributed by atoms with van der Waals surface area (Å²) in [5.41, 5.74) is 5.75. The SMILES string of the molecule is Nc1cc(C(=O)Nc2cc(F)cc(F)c2F)n(C2CC2)c1.